The van der Waals surface area contributed by atoms with Gasteiger partial charge in [-0.05, 0) is 30.5 Å². The minimum atomic E-state index is 0.389. The first-order chi connectivity index (χ1) is 6.63. The Morgan fingerprint density at radius 1 is 1.29 bits per heavy atom. The molecule has 1 aromatic rings. The maximum atomic E-state index is 8.99. The zero-order chi connectivity index (χ0) is 10.3. The van der Waals surface area contributed by atoms with E-state index in [1.807, 2.05) is 0 Å². The molecule has 0 N–H and O–H groups in total. The Hall–Kier alpha value is -1.55. The fraction of sp³-hybridized carbons (Fsp3) is 0.308. The van der Waals surface area contributed by atoms with Crippen LogP contribution < -0.4 is 0 Å². The van der Waals surface area contributed by atoms with Crippen LogP contribution in [0, 0.1) is 25.2 Å². The van der Waals surface area contributed by atoms with Gasteiger partial charge in [0.05, 0.1) is 11.6 Å². The predicted octanol–water partition coefficient (Wildman–Crippen LogP) is 3.33. The van der Waals surface area contributed by atoms with Crippen LogP contribution in [0.15, 0.2) is 18.2 Å². The number of nitrogens with zero attached hydrogens (tertiary/aromatic N) is 1. The van der Waals surface area contributed by atoms with E-state index < -0.39 is 0 Å². The molecule has 1 aliphatic rings. The minimum Gasteiger partial charge on any atom is -0.192 e. The van der Waals surface area contributed by atoms with Crippen molar-refractivity contribution in [2.75, 3.05) is 0 Å². The summed E-state index contributed by atoms with van der Waals surface area (Å²) in [6, 6.07) is 6.56. The molecule has 0 amide bonds. The van der Waals surface area contributed by atoms with E-state index in [0.29, 0.717) is 5.92 Å². The van der Waals surface area contributed by atoms with Crippen LogP contribution in [0.3, 0.4) is 0 Å². The summed E-state index contributed by atoms with van der Waals surface area (Å²) in [5, 5.41) is 8.99. The first-order valence-electron chi connectivity index (χ1n) is 4.87. The molecule has 1 unspecified atom stereocenters. The second-order valence-corrected chi connectivity index (χ2v) is 4.02. The highest BCUT2D eigenvalue weighted by atomic mass is 14.3. The third-order valence-corrected chi connectivity index (χ3v) is 2.81. The molecule has 0 saturated carbocycles. The fourth-order valence-electron chi connectivity index (χ4n) is 2.33. The van der Waals surface area contributed by atoms with E-state index in [0.717, 1.165) is 11.1 Å². The van der Waals surface area contributed by atoms with Gasteiger partial charge in [0.25, 0.3) is 0 Å². The van der Waals surface area contributed by atoms with Crippen molar-refractivity contribution < 1.29 is 0 Å². The fourth-order valence-corrected chi connectivity index (χ4v) is 2.33. The number of hydrogen-bond acceptors (Lipinski definition) is 1. The summed E-state index contributed by atoms with van der Waals surface area (Å²) in [5.74, 6) is 0.389. The first-order valence-corrected chi connectivity index (χ1v) is 4.87. The summed E-state index contributed by atoms with van der Waals surface area (Å²) in [4.78, 5) is 0. The van der Waals surface area contributed by atoms with Crippen molar-refractivity contribution in [3.63, 3.8) is 0 Å². The van der Waals surface area contributed by atoms with E-state index in [9.17, 15) is 0 Å². The Labute approximate surface area is 84.7 Å². The number of benzene rings is 1. The molecule has 70 valence electrons. The molecule has 0 heterocycles. The van der Waals surface area contributed by atoms with Crippen LogP contribution in [0.5, 0.6) is 0 Å². The monoisotopic (exact) mass is 183 g/mol. The SMILES string of the molecule is Cc1cc(C)c2c(c1)C(C#N)=CC2C. The van der Waals surface area contributed by atoms with Crippen LogP contribution in [0.1, 0.15) is 35.1 Å². The number of fused-ring (bicyclic) bond motifs is 1. The Balaban J connectivity index is 2.71. The highest BCUT2D eigenvalue weighted by molar-refractivity contribution is 5.84. The van der Waals surface area contributed by atoms with Gasteiger partial charge in [-0.3, -0.25) is 0 Å². The highest BCUT2D eigenvalue weighted by Gasteiger charge is 2.21. The molecule has 1 heteroatoms. The van der Waals surface area contributed by atoms with Crippen LogP contribution in [0.4, 0.5) is 0 Å². The van der Waals surface area contributed by atoms with Gasteiger partial charge >= 0.3 is 0 Å². The molecule has 0 saturated heterocycles. The van der Waals surface area contributed by atoms with E-state index in [1.165, 1.54) is 16.7 Å². The van der Waals surface area contributed by atoms with Crippen LogP contribution in [0.25, 0.3) is 5.57 Å². The maximum Gasteiger partial charge on any atom is 0.0994 e. The van der Waals surface area contributed by atoms with Crippen molar-refractivity contribution in [1.29, 1.82) is 5.26 Å². The topological polar surface area (TPSA) is 23.8 Å². The molecule has 1 aliphatic carbocycles. The highest BCUT2D eigenvalue weighted by Crippen LogP contribution is 2.37. The summed E-state index contributed by atoms with van der Waals surface area (Å²) < 4.78 is 0. The number of rotatable bonds is 0. The van der Waals surface area contributed by atoms with Gasteiger partial charge in [0.15, 0.2) is 0 Å². The van der Waals surface area contributed by atoms with E-state index in [4.69, 9.17) is 5.26 Å². The average molecular weight is 183 g/mol. The largest absolute Gasteiger partial charge is 0.192 e. The van der Waals surface area contributed by atoms with Gasteiger partial charge in [-0.15, -0.1) is 0 Å². The molecule has 1 nitrogen and oxygen atoms in total. The molecule has 2 rings (SSSR count). The van der Waals surface area contributed by atoms with Crippen molar-refractivity contribution in [1.82, 2.24) is 0 Å². The second kappa shape index (κ2) is 2.99. The Morgan fingerprint density at radius 3 is 2.64 bits per heavy atom. The first kappa shape index (κ1) is 9.02. The van der Waals surface area contributed by atoms with Gasteiger partial charge in [0.2, 0.25) is 0 Å². The van der Waals surface area contributed by atoms with Gasteiger partial charge in [-0.25, -0.2) is 0 Å². The minimum absolute atomic E-state index is 0.389. The zero-order valence-electron chi connectivity index (χ0n) is 8.76. The third kappa shape index (κ3) is 1.15. The Bertz CT molecular complexity index is 461. The van der Waals surface area contributed by atoms with E-state index in [2.05, 4.69) is 45.0 Å². The molecule has 0 bridgehead atoms. The van der Waals surface area contributed by atoms with Crippen molar-refractivity contribution in [2.24, 2.45) is 0 Å². The smallest absolute Gasteiger partial charge is 0.0994 e. The number of nitriles is 1. The Morgan fingerprint density at radius 2 is 2.00 bits per heavy atom. The standard InChI is InChI=1S/C13H13N/c1-8-4-9(2)13-10(3)6-11(7-14)12(13)5-8/h4-6,10H,1-3H3. The van der Waals surface area contributed by atoms with Gasteiger partial charge in [-0.1, -0.05) is 30.7 Å². The molecule has 1 aromatic carbocycles. The molecular formula is C13H13N. The lowest BCUT2D eigenvalue weighted by Gasteiger charge is -2.10. The van der Waals surface area contributed by atoms with Gasteiger partial charge in [0, 0.05) is 5.92 Å². The number of aryl methyl sites for hydroxylation is 2. The summed E-state index contributed by atoms with van der Waals surface area (Å²) >= 11 is 0. The number of hydrogen-bond donors (Lipinski definition) is 0. The Kier molecular flexibility index (Phi) is 1.93. The molecule has 0 aliphatic heterocycles. The number of allylic oxidation sites excluding steroid dienone is 2. The normalized spacial score (nSPS) is 18.7. The van der Waals surface area contributed by atoms with Crippen LogP contribution >= 0.6 is 0 Å². The lowest BCUT2D eigenvalue weighted by atomic mass is 9.94. The molecule has 0 spiro atoms. The van der Waals surface area contributed by atoms with Crippen LogP contribution in [-0.2, 0) is 0 Å². The van der Waals surface area contributed by atoms with Crippen molar-refractivity contribution in [3.05, 3.63) is 40.5 Å². The molecule has 0 aromatic heterocycles. The van der Waals surface area contributed by atoms with Crippen molar-refractivity contribution in [3.8, 4) is 6.07 Å². The third-order valence-electron chi connectivity index (χ3n) is 2.81. The van der Waals surface area contributed by atoms with Gasteiger partial charge in [-0.2, -0.15) is 5.26 Å². The van der Waals surface area contributed by atoms with E-state index in [-0.39, 0.29) is 0 Å². The molecule has 0 radical (unpaired) electrons. The lowest BCUT2D eigenvalue weighted by molar-refractivity contribution is 0.972. The molecule has 0 fully saturated rings. The summed E-state index contributed by atoms with van der Waals surface area (Å²) in [6.45, 7) is 6.34. The maximum absolute atomic E-state index is 8.99. The zero-order valence-corrected chi connectivity index (χ0v) is 8.76. The van der Waals surface area contributed by atoms with E-state index in [1.54, 1.807) is 0 Å². The molecule has 14 heavy (non-hydrogen) atoms. The summed E-state index contributed by atoms with van der Waals surface area (Å²) in [5.41, 5.74) is 5.83. The van der Waals surface area contributed by atoms with Gasteiger partial charge in [0.1, 0.15) is 0 Å². The van der Waals surface area contributed by atoms with Crippen molar-refractivity contribution >= 4 is 5.57 Å². The molecular weight excluding hydrogens is 170 g/mol. The second-order valence-electron chi connectivity index (χ2n) is 4.02. The lowest BCUT2D eigenvalue weighted by Crippen LogP contribution is -1.93. The van der Waals surface area contributed by atoms with Crippen molar-refractivity contribution in [2.45, 2.75) is 26.7 Å². The van der Waals surface area contributed by atoms with Gasteiger partial charge < -0.3 is 0 Å². The van der Waals surface area contributed by atoms with E-state index >= 15 is 0 Å². The quantitative estimate of drug-likeness (QED) is 0.605. The van der Waals surface area contributed by atoms with Crippen LogP contribution in [-0.4, -0.2) is 0 Å². The average Bonchev–Trinajstić information content (AvgIpc) is 2.42. The molecule has 1 atom stereocenters. The predicted molar refractivity (Wildman–Crippen MR) is 57.9 cm³/mol. The van der Waals surface area contributed by atoms with Crippen LogP contribution in [0.2, 0.25) is 0 Å². The summed E-state index contributed by atoms with van der Waals surface area (Å²) in [6.07, 6.45) is 2.05. The summed E-state index contributed by atoms with van der Waals surface area (Å²) in [7, 11) is 0.